The second kappa shape index (κ2) is 7.33. The van der Waals surface area contributed by atoms with Crippen LogP contribution in [0.2, 0.25) is 0 Å². The van der Waals surface area contributed by atoms with E-state index in [0.717, 1.165) is 22.6 Å². The number of nitrogens with one attached hydrogen (secondary N) is 1. The third-order valence-corrected chi connectivity index (χ3v) is 4.16. The van der Waals surface area contributed by atoms with E-state index in [9.17, 15) is 4.79 Å². The number of aliphatic hydroxyl groups excluding tert-OH is 1. The molecule has 0 saturated carbocycles. The number of aryl methyl sites for hydroxylation is 1. The molecule has 0 radical (unpaired) electrons. The maximum absolute atomic E-state index is 12.1. The number of thiazole rings is 1. The van der Waals surface area contributed by atoms with E-state index >= 15 is 0 Å². The van der Waals surface area contributed by atoms with Crippen molar-refractivity contribution in [3.8, 4) is 10.6 Å². The molecular formula is C16H20N2O2S. The van der Waals surface area contributed by atoms with Gasteiger partial charge >= 0.3 is 0 Å². The lowest BCUT2D eigenvalue weighted by molar-refractivity contribution is 0.0932. The van der Waals surface area contributed by atoms with Gasteiger partial charge in [0.25, 0.3) is 5.91 Å². The Kier molecular flexibility index (Phi) is 5.47. The van der Waals surface area contributed by atoms with Crippen LogP contribution in [0.25, 0.3) is 10.6 Å². The number of rotatable bonds is 6. The molecule has 5 heteroatoms. The highest BCUT2D eigenvalue weighted by Gasteiger charge is 2.14. The zero-order chi connectivity index (χ0) is 15.2. The zero-order valence-electron chi connectivity index (χ0n) is 12.3. The van der Waals surface area contributed by atoms with E-state index in [2.05, 4.69) is 10.3 Å². The van der Waals surface area contributed by atoms with Crippen LogP contribution in [0.3, 0.4) is 0 Å². The van der Waals surface area contributed by atoms with Crippen molar-refractivity contribution >= 4 is 17.2 Å². The predicted molar refractivity (Wildman–Crippen MR) is 85.5 cm³/mol. The topological polar surface area (TPSA) is 62.2 Å². The number of aliphatic hydroxyl groups is 1. The highest BCUT2D eigenvalue weighted by atomic mass is 32.1. The number of hydrogen-bond donors (Lipinski definition) is 2. The molecule has 1 atom stereocenters. The minimum atomic E-state index is -0.156. The van der Waals surface area contributed by atoms with Gasteiger partial charge in [0.05, 0.1) is 0 Å². The smallest absolute Gasteiger partial charge is 0.270 e. The summed E-state index contributed by atoms with van der Waals surface area (Å²) in [5.41, 5.74) is 2.67. The van der Waals surface area contributed by atoms with Crippen molar-refractivity contribution in [2.24, 2.45) is 0 Å². The first kappa shape index (κ1) is 15.7. The second-order valence-electron chi connectivity index (χ2n) is 5.09. The maximum Gasteiger partial charge on any atom is 0.270 e. The Bertz CT molecular complexity index is 610. The summed E-state index contributed by atoms with van der Waals surface area (Å²) in [7, 11) is 0. The van der Waals surface area contributed by atoms with Gasteiger partial charge in [0, 0.05) is 23.6 Å². The summed E-state index contributed by atoms with van der Waals surface area (Å²) in [5, 5.41) is 14.4. The van der Waals surface area contributed by atoms with Gasteiger partial charge in [-0.2, -0.15) is 0 Å². The van der Waals surface area contributed by atoms with E-state index in [0.29, 0.717) is 12.1 Å². The number of amides is 1. The number of carbonyl (C=O) groups is 1. The van der Waals surface area contributed by atoms with Crippen LogP contribution < -0.4 is 5.32 Å². The fourth-order valence-corrected chi connectivity index (χ4v) is 2.97. The number of carbonyl (C=O) groups excluding carboxylic acids is 1. The quantitative estimate of drug-likeness (QED) is 0.862. The van der Waals surface area contributed by atoms with Crippen LogP contribution in [-0.2, 0) is 0 Å². The number of aromatic nitrogens is 1. The molecule has 2 aromatic rings. The summed E-state index contributed by atoms with van der Waals surface area (Å²) >= 11 is 1.48. The van der Waals surface area contributed by atoms with E-state index in [1.54, 1.807) is 5.38 Å². The summed E-state index contributed by atoms with van der Waals surface area (Å²) in [6.07, 6.45) is 1.45. The van der Waals surface area contributed by atoms with Crippen LogP contribution in [0, 0.1) is 6.92 Å². The van der Waals surface area contributed by atoms with E-state index in [1.165, 1.54) is 11.3 Å². The predicted octanol–water partition coefficient (Wildman–Crippen LogP) is 3.01. The van der Waals surface area contributed by atoms with Gasteiger partial charge in [-0.3, -0.25) is 4.79 Å². The summed E-state index contributed by atoms with van der Waals surface area (Å²) in [6, 6.07) is 8.05. The molecule has 2 rings (SSSR count). The largest absolute Gasteiger partial charge is 0.396 e. The van der Waals surface area contributed by atoms with E-state index in [4.69, 9.17) is 5.11 Å². The van der Waals surface area contributed by atoms with Gasteiger partial charge in [0.1, 0.15) is 10.7 Å². The third-order valence-electron chi connectivity index (χ3n) is 3.29. The van der Waals surface area contributed by atoms with Crippen molar-refractivity contribution in [2.45, 2.75) is 32.7 Å². The molecule has 0 bridgehead atoms. The molecule has 1 aromatic heterocycles. The van der Waals surface area contributed by atoms with Crippen LogP contribution in [0.15, 0.2) is 29.6 Å². The third kappa shape index (κ3) is 4.12. The maximum atomic E-state index is 12.1. The van der Waals surface area contributed by atoms with Gasteiger partial charge in [-0.1, -0.05) is 24.3 Å². The molecule has 112 valence electrons. The average Bonchev–Trinajstić information content (AvgIpc) is 2.95. The number of hydrogen-bond acceptors (Lipinski definition) is 4. The van der Waals surface area contributed by atoms with Crippen molar-refractivity contribution in [2.75, 3.05) is 6.61 Å². The summed E-state index contributed by atoms with van der Waals surface area (Å²) in [6.45, 7) is 4.12. The Morgan fingerprint density at radius 2 is 2.19 bits per heavy atom. The monoisotopic (exact) mass is 304 g/mol. The highest BCUT2D eigenvalue weighted by Crippen LogP contribution is 2.26. The molecule has 0 aliphatic heterocycles. The molecule has 1 heterocycles. The summed E-state index contributed by atoms with van der Waals surface area (Å²) < 4.78 is 0. The molecule has 1 unspecified atom stereocenters. The molecule has 1 aromatic carbocycles. The van der Waals surface area contributed by atoms with Gasteiger partial charge in [0.15, 0.2) is 0 Å². The first-order valence-electron chi connectivity index (χ1n) is 7.05. The summed E-state index contributed by atoms with van der Waals surface area (Å²) in [4.78, 5) is 16.6. The van der Waals surface area contributed by atoms with Crippen LogP contribution >= 0.6 is 11.3 Å². The fourth-order valence-electron chi connectivity index (χ4n) is 2.08. The minimum Gasteiger partial charge on any atom is -0.396 e. The molecule has 2 N–H and O–H groups in total. The average molecular weight is 304 g/mol. The number of nitrogens with zero attached hydrogens (tertiary/aromatic N) is 1. The molecule has 0 aliphatic carbocycles. The van der Waals surface area contributed by atoms with Gasteiger partial charge in [-0.25, -0.2) is 4.98 Å². The fraction of sp³-hybridized carbons (Fsp3) is 0.375. The molecular weight excluding hydrogens is 284 g/mol. The Balaban J connectivity index is 2.06. The van der Waals surface area contributed by atoms with E-state index in [1.807, 2.05) is 38.1 Å². The SMILES string of the molecule is Cc1ccccc1-c1nc(C(=O)NC(C)CCCO)cs1. The summed E-state index contributed by atoms with van der Waals surface area (Å²) in [5.74, 6) is -0.156. The Hall–Kier alpha value is -1.72. The van der Waals surface area contributed by atoms with Crippen LogP contribution in [0.4, 0.5) is 0 Å². The Morgan fingerprint density at radius 1 is 1.43 bits per heavy atom. The molecule has 0 saturated heterocycles. The van der Waals surface area contributed by atoms with Crippen molar-refractivity contribution in [3.05, 3.63) is 40.9 Å². The zero-order valence-corrected chi connectivity index (χ0v) is 13.1. The molecule has 4 nitrogen and oxygen atoms in total. The lowest BCUT2D eigenvalue weighted by Gasteiger charge is -2.11. The highest BCUT2D eigenvalue weighted by molar-refractivity contribution is 7.13. The molecule has 1 amide bonds. The lowest BCUT2D eigenvalue weighted by atomic mass is 10.1. The van der Waals surface area contributed by atoms with Crippen LogP contribution in [0.5, 0.6) is 0 Å². The Labute approximate surface area is 128 Å². The molecule has 0 spiro atoms. The van der Waals surface area contributed by atoms with Gasteiger partial charge < -0.3 is 10.4 Å². The molecule has 21 heavy (non-hydrogen) atoms. The minimum absolute atomic E-state index is 0.0354. The van der Waals surface area contributed by atoms with Gasteiger partial charge in [-0.05, 0) is 32.3 Å². The number of benzene rings is 1. The second-order valence-corrected chi connectivity index (χ2v) is 5.95. The normalized spacial score (nSPS) is 12.1. The van der Waals surface area contributed by atoms with E-state index < -0.39 is 0 Å². The Morgan fingerprint density at radius 3 is 2.90 bits per heavy atom. The first-order chi connectivity index (χ1) is 10.1. The standard InChI is InChI=1S/C16H20N2O2S/c1-11-6-3-4-8-13(11)16-18-14(10-21-16)15(20)17-12(2)7-5-9-19/h3-4,6,8,10,12,19H,5,7,9H2,1-2H3,(H,17,20). The van der Waals surface area contributed by atoms with Crippen molar-refractivity contribution in [1.29, 1.82) is 0 Å². The van der Waals surface area contributed by atoms with Crippen molar-refractivity contribution < 1.29 is 9.90 Å². The van der Waals surface area contributed by atoms with Gasteiger partial charge in [0.2, 0.25) is 0 Å². The first-order valence-corrected chi connectivity index (χ1v) is 7.93. The van der Waals surface area contributed by atoms with Crippen LogP contribution in [-0.4, -0.2) is 28.6 Å². The van der Waals surface area contributed by atoms with Crippen LogP contribution in [0.1, 0.15) is 35.8 Å². The van der Waals surface area contributed by atoms with Crippen molar-refractivity contribution in [3.63, 3.8) is 0 Å². The molecule has 0 fully saturated rings. The molecule has 0 aliphatic rings. The van der Waals surface area contributed by atoms with Crippen molar-refractivity contribution in [1.82, 2.24) is 10.3 Å². The van der Waals surface area contributed by atoms with E-state index in [-0.39, 0.29) is 18.6 Å². The van der Waals surface area contributed by atoms with Gasteiger partial charge in [-0.15, -0.1) is 11.3 Å². The lowest BCUT2D eigenvalue weighted by Crippen LogP contribution is -2.32.